The van der Waals surface area contributed by atoms with Crippen molar-refractivity contribution in [1.82, 2.24) is 5.32 Å². The van der Waals surface area contributed by atoms with Crippen LogP contribution in [0.1, 0.15) is 49.0 Å². The van der Waals surface area contributed by atoms with E-state index in [0.717, 1.165) is 35.4 Å². The van der Waals surface area contributed by atoms with Crippen LogP contribution in [0.3, 0.4) is 0 Å². The second kappa shape index (κ2) is 7.09. The summed E-state index contributed by atoms with van der Waals surface area (Å²) < 4.78 is 7.07. The second-order valence-corrected chi connectivity index (χ2v) is 5.92. The van der Waals surface area contributed by atoms with Gasteiger partial charge in [0.05, 0.1) is 6.04 Å². The maximum absolute atomic E-state index is 5.95. The number of hydrogen-bond acceptors (Lipinski definition) is 2. The van der Waals surface area contributed by atoms with Gasteiger partial charge in [0.25, 0.3) is 0 Å². The minimum absolute atomic E-state index is 0.102. The lowest BCUT2D eigenvalue weighted by Crippen LogP contribution is -2.23. The summed E-state index contributed by atoms with van der Waals surface area (Å²) in [7, 11) is 0. The Bertz CT molecular complexity index is 562. The molecule has 0 aliphatic rings. The molecule has 2 nitrogen and oxygen atoms in total. The Hall–Kier alpha value is -1.06. The Morgan fingerprint density at radius 2 is 2.00 bits per heavy atom. The van der Waals surface area contributed by atoms with Crippen LogP contribution in [0, 0.1) is 6.92 Å². The van der Waals surface area contributed by atoms with Crippen LogP contribution in [-0.2, 0) is 6.42 Å². The first kappa shape index (κ1) is 15.3. The lowest BCUT2D eigenvalue weighted by molar-refractivity contribution is 0.421. The van der Waals surface area contributed by atoms with Crippen LogP contribution in [0.5, 0.6) is 0 Å². The fraction of sp³-hybridized carbons (Fsp3) is 0.412. The van der Waals surface area contributed by atoms with E-state index < -0.39 is 0 Å². The lowest BCUT2D eigenvalue weighted by atomic mass is 10.0. The van der Waals surface area contributed by atoms with Gasteiger partial charge in [-0.1, -0.05) is 41.9 Å². The van der Waals surface area contributed by atoms with E-state index in [1.165, 1.54) is 11.1 Å². The molecule has 108 valence electrons. The summed E-state index contributed by atoms with van der Waals surface area (Å²) in [6.45, 7) is 7.35. The molecular formula is C17H22BrNO. The van der Waals surface area contributed by atoms with Crippen molar-refractivity contribution in [2.75, 3.05) is 6.54 Å². The first-order valence-corrected chi connectivity index (χ1v) is 8.03. The van der Waals surface area contributed by atoms with E-state index in [1.54, 1.807) is 0 Å². The van der Waals surface area contributed by atoms with Crippen LogP contribution in [0.2, 0.25) is 0 Å². The Morgan fingerprint density at radius 1 is 1.20 bits per heavy atom. The molecule has 0 aliphatic carbocycles. The molecule has 2 aromatic rings. The highest BCUT2D eigenvalue weighted by Crippen LogP contribution is 2.30. The fourth-order valence-electron chi connectivity index (χ4n) is 2.26. The van der Waals surface area contributed by atoms with Gasteiger partial charge in [-0.05, 0) is 49.2 Å². The maximum Gasteiger partial charge on any atom is 0.125 e. The highest BCUT2D eigenvalue weighted by molar-refractivity contribution is 9.10. The van der Waals surface area contributed by atoms with Crippen molar-refractivity contribution in [2.24, 2.45) is 0 Å². The van der Waals surface area contributed by atoms with E-state index >= 15 is 0 Å². The standard InChI is InChI=1S/C17H22BrNO/c1-4-10-19-17(16-9-7-13(5-2)20-16)14-8-6-12(3)11-15(14)18/h6-9,11,17,19H,4-5,10H2,1-3H3. The quantitative estimate of drug-likeness (QED) is 0.803. The minimum atomic E-state index is 0.102. The first-order chi connectivity index (χ1) is 9.65. The summed E-state index contributed by atoms with van der Waals surface area (Å²) in [6.07, 6.45) is 2.02. The maximum atomic E-state index is 5.95. The van der Waals surface area contributed by atoms with Crippen molar-refractivity contribution >= 4 is 15.9 Å². The zero-order valence-electron chi connectivity index (χ0n) is 12.4. The molecule has 0 fully saturated rings. The van der Waals surface area contributed by atoms with E-state index in [1.807, 2.05) is 0 Å². The van der Waals surface area contributed by atoms with Gasteiger partial charge in [-0.2, -0.15) is 0 Å². The molecule has 1 N–H and O–H groups in total. The largest absolute Gasteiger partial charge is 0.464 e. The Morgan fingerprint density at radius 3 is 2.60 bits per heavy atom. The SMILES string of the molecule is CCCNC(c1ccc(CC)o1)c1ccc(C)cc1Br. The normalized spacial score (nSPS) is 12.6. The third kappa shape index (κ3) is 3.53. The summed E-state index contributed by atoms with van der Waals surface area (Å²) in [6, 6.07) is 10.7. The Kier molecular flexibility index (Phi) is 5.44. The van der Waals surface area contributed by atoms with Gasteiger partial charge in [-0.25, -0.2) is 0 Å². The minimum Gasteiger partial charge on any atom is -0.464 e. The predicted molar refractivity (Wildman–Crippen MR) is 87.1 cm³/mol. The van der Waals surface area contributed by atoms with Crippen molar-refractivity contribution in [3.8, 4) is 0 Å². The molecular weight excluding hydrogens is 314 g/mol. The molecule has 1 aromatic carbocycles. The van der Waals surface area contributed by atoms with Crippen LogP contribution >= 0.6 is 15.9 Å². The van der Waals surface area contributed by atoms with Crippen LogP contribution in [0.15, 0.2) is 39.2 Å². The third-order valence-corrected chi connectivity index (χ3v) is 4.07. The molecule has 0 radical (unpaired) electrons. The first-order valence-electron chi connectivity index (χ1n) is 7.23. The van der Waals surface area contributed by atoms with Crippen LogP contribution in [-0.4, -0.2) is 6.54 Å². The summed E-state index contributed by atoms with van der Waals surface area (Å²) in [4.78, 5) is 0. The summed E-state index contributed by atoms with van der Waals surface area (Å²) in [5.74, 6) is 2.02. The van der Waals surface area contributed by atoms with Crippen molar-refractivity contribution in [2.45, 2.75) is 39.7 Å². The van der Waals surface area contributed by atoms with Crippen LogP contribution in [0.4, 0.5) is 0 Å². The number of nitrogens with one attached hydrogen (secondary N) is 1. The van der Waals surface area contributed by atoms with E-state index in [-0.39, 0.29) is 6.04 Å². The zero-order valence-corrected chi connectivity index (χ0v) is 14.0. The van der Waals surface area contributed by atoms with Gasteiger partial charge in [0.1, 0.15) is 11.5 Å². The summed E-state index contributed by atoms with van der Waals surface area (Å²) in [5, 5.41) is 3.58. The average molecular weight is 336 g/mol. The molecule has 0 saturated heterocycles. The topological polar surface area (TPSA) is 25.2 Å². The summed E-state index contributed by atoms with van der Waals surface area (Å²) >= 11 is 3.68. The molecule has 0 spiro atoms. The highest BCUT2D eigenvalue weighted by atomic mass is 79.9. The Balaban J connectivity index is 2.35. The van der Waals surface area contributed by atoms with Crippen LogP contribution < -0.4 is 5.32 Å². The van der Waals surface area contributed by atoms with E-state index in [0.29, 0.717) is 0 Å². The number of rotatable bonds is 6. The number of aryl methyl sites for hydroxylation is 2. The molecule has 1 atom stereocenters. The van der Waals surface area contributed by atoms with Gasteiger partial charge < -0.3 is 9.73 Å². The van der Waals surface area contributed by atoms with Gasteiger partial charge in [0.2, 0.25) is 0 Å². The molecule has 1 unspecified atom stereocenters. The van der Waals surface area contributed by atoms with E-state index in [9.17, 15) is 0 Å². The number of benzene rings is 1. The van der Waals surface area contributed by atoms with Crippen molar-refractivity contribution < 1.29 is 4.42 Å². The van der Waals surface area contributed by atoms with Crippen molar-refractivity contribution in [3.63, 3.8) is 0 Å². The molecule has 1 aromatic heterocycles. The number of hydrogen-bond donors (Lipinski definition) is 1. The smallest absolute Gasteiger partial charge is 0.125 e. The number of furan rings is 1. The van der Waals surface area contributed by atoms with Crippen molar-refractivity contribution in [3.05, 3.63) is 57.5 Å². The lowest BCUT2D eigenvalue weighted by Gasteiger charge is -2.18. The van der Waals surface area contributed by atoms with Gasteiger partial charge in [0, 0.05) is 10.9 Å². The molecule has 20 heavy (non-hydrogen) atoms. The molecule has 0 aliphatic heterocycles. The highest BCUT2D eigenvalue weighted by Gasteiger charge is 2.19. The van der Waals surface area contributed by atoms with E-state index in [4.69, 9.17) is 4.42 Å². The van der Waals surface area contributed by atoms with Crippen molar-refractivity contribution in [1.29, 1.82) is 0 Å². The van der Waals surface area contributed by atoms with Gasteiger partial charge in [-0.15, -0.1) is 0 Å². The predicted octanol–water partition coefficient (Wildman–Crippen LogP) is 5.00. The zero-order chi connectivity index (χ0) is 14.5. The van der Waals surface area contributed by atoms with Crippen LogP contribution in [0.25, 0.3) is 0 Å². The molecule has 1 heterocycles. The van der Waals surface area contributed by atoms with E-state index in [2.05, 4.69) is 72.3 Å². The monoisotopic (exact) mass is 335 g/mol. The molecule has 0 saturated carbocycles. The van der Waals surface area contributed by atoms with Gasteiger partial charge in [-0.3, -0.25) is 0 Å². The Labute approximate surface area is 129 Å². The molecule has 2 rings (SSSR count). The van der Waals surface area contributed by atoms with Gasteiger partial charge in [0.15, 0.2) is 0 Å². The number of halogens is 1. The molecule has 0 bridgehead atoms. The van der Waals surface area contributed by atoms with Gasteiger partial charge >= 0.3 is 0 Å². The molecule has 0 amide bonds. The molecule has 3 heteroatoms. The fourth-order valence-corrected chi connectivity index (χ4v) is 2.98. The second-order valence-electron chi connectivity index (χ2n) is 5.07. The summed E-state index contributed by atoms with van der Waals surface area (Å²) in [5.41, 5.74) is 2.48. The average Bonchev–Trinajstić information content (AvgIpc) is 2.90. The third-order valence-electron chi connectivity index (χ3n) is 3.38.